The Balaban J connectivity index is 1.55. The largest absolute Gasteiger partial charge is 0.369 e. The molecule has 0 aliphatic carbocycles. The lowest BCUT2D eigenvalue weighted by Gasteiger charge is -2.29. The van der Waals surface area contributed by atoms with Crippen molar-refractivity contribution in [3.05, 3.63) is 79.0 Å². The predicted molar refractivity (Wildman–Crippen MR) is 112 cm³/mol. The van der Waals surface area contributed by atoms with Crippen molar-refractivity contribution in [1.82, 2.24) is 15.1 Å². The van der Waals surface area contributed by atoms with E-state index in [1.807, 2.05) is 29.1 Å². The summed E-state index contributed by atoms with van der Waals surface area (Å²) in [5, 5.41) is 9.16. The van der Waals surface area contributed by atoms with Gasteiger partial charge in [-0.1, -0.05) is 42.5 Å². The van der Waals surface area contributed by atoms with Crippen molar-refractivity contribution in [1.29, 1.82) is 0 Å². The van der Waals surface area contributed by atoms with Crippen LogP contribution in [0.15, 0.2) is 79.0 Å². The maximum Gasteiger partial charge on any atom is 0.0747 e. The molecule has 0 unspecified atom stereocenters. The highest BCUT2D eigenvalue weighted by Gasteiger charge is 2.12. The Labute approximate surface area is 159 Å². The van der Waals surface area contributed by atoms with E-state index in [9.17, 15) is 0 Å². The zero-order valence-corrected chi connectivity index (χ0v) is 15.2. The Bertz CT molecular complexity index is 1060. The van der Waals surface area contributed by atoms with Gasteiger partial charge in [0.1, 0.15) is 0 Å². The number of nitrogens with one attached hydrogen (secondary N) is 1. The second kappa shape index (κ2) is 6.89. The van der Waals surface area contributed by atoms with Gasteiger partial charge in [0, 0.05) is 37.3 Å². The molecule has 0 amide bonds. The number of aromatic nitrogens is 2. The lowest BCUT2D eigenvalue weighted by molar-refractivity contribution is 0.589. The number of piperazine rings is 1. The maximum absolute atomic E-state index is 4.59. The van der Waals surface area contributed by atoms with Crippen molar-refractivity contribution in [3.8, 4) is 16.8 Å². The van der Waals surface area contributed by atoms with Gasteiger partial charge in [-0.05, 0) is 41.5 Å². The van der Waals surface area contributed by atoms with Crippen LogP contribution >= 0.6 is 0 Å². The molecule has 1 N–H and O–H groups in total. The summed E-state index contributed by atoms with van der Waals surface area (Å²) in [4.78, 5) is 2.45. The summed E-state index contributed by atoms with van der Waals surface area (Å²) in [5.74, 6) is 0. The number of para-hydroxylation sites is 1. The van der Waals surface area contributed by atoms with Gasteiger partial charge < -0.3 is 10.2 Å². The zero-order valence-electron chi connectivity index (χ0n) is 15.2. The molecule has 2 heterocycles. The van der Waals surface area contributed by atoms with Gasteiger partial charge in [-0.15, -0.1) is 0 Å². The van der Waals surface area contributed by atoms with Gasteiger partial charge in [-0.3, -0.25) is 0 Å². The van der Waals surface area contributed by atoms with Crippen LogP contribution < -0.4 is 10.2 Å². The van der Waals surface area contributed by atoms with Crippen LogP contribution in [0.4, 0.5) is 5.69 Å². The molecule has 27 heavy (non-hydrogen) atoms. The Morgan fingerprint density at radius 1 is 0.741 bits per heavy atom. The van der Waals surface area contributed by atoms with Gasteiger partial charge >= 0.3 is 0 Å². The van der Waals surface area contributed by atoms with Crippen molar-refractivity contribution in [2.24, 2.45) is 0 Å². The summed E-state index contributed by atoms with van der Waals surface area (Å²) in [7, 11) is 0. The monoisotopic (exact) mass is 354 g/mol. The summed E-state index contributed by atoms with van der Waals surface area (Å²) in [6.07, 6.45) is 1.93. The first-order valence-electron chi connectivity index (χ1n) is 9.48. The number of hydrogen-bond donors (Lipinski definition) is 1. The average Bonchev–Trinajstić information content (AvgIpc) is 3.18. The van der Waals surface area contributed by atoms with E-state index < -0.39 is 0 Å². The van der Waals surface area contributed by atoms with Crippen LogP contribution in [0.1, 0.15) is 0 Å². The highest BCUT2D eigenvalue weighted by Crippen LogP contribution is 2.29. The van der Waals surface area contributed by atoms with Crippen LogP contribution in [0, 0.1) is 0 Å². The minimum Gasteiger partial charge on any atom is -0.369 e. The standard InChI is InChI=1S/C23H22N4/c1-2-6-21(7-3-1)27-23-16-19(9-10-20(23)17-25-27)18-5-4-8-22(15-18)26-13-11-24-12-14-26/h1-10,15-17,24H,11-14H2. The number of benzene rings is 3. The quantitative estimate of drug-likeness (QED) is 0.601. The van der Waals surface area contributed by atoms with Crippen molar-refractivity contribution in [2.45, 2.75) is 0 Å². The molecule has 4 aromatic rings. The summed E-state index contributed by atoms with van der Waals surface area (Å²) < 4.78 is 2.01. The Kier molecular flexibility index (Phi) is 4.11. The van der Waals surface area contributed by atoms with Crippen LogP contribution in [0.3, 0.4) is 0 Å². The second-order valence-electron chi connectivity index (χ2n) is 6.95. The molecular weight excluding hydrogens is 332 g/mol. The SMILES string of the molecule is c1ccc(-n2ncc3ccc(-c4cccc(N5CCNCC5)c4)cc32)cc1. The van der Waals surface area contributed by atoms with E-state index in [4.69, 9.17) is 0 Å². The fourth-order valence-corrected chi connectivity index (χ4v) is 3.78. The molecule has 1 fully saturated rings. The molecule has 0 saturated carbocycles. The van der Waals surface area contributed by atoms with Crippen molar-refractivity contribution in [2.75, 3.05) is 31.1 Å². The van der Waals surface area contributed by atoms with Crippen LogP contribution in [0.25, 0.3) is 27.7 Å². The number of anilines is 1. The van der Waals surface area contributed by atoms with E-state index in [-0.39, 0.29) is 0 Å². The number of nitrogens with zero attached hydrogens (tertiary/aromatic N) is 3. The minimum absolute atomic E-state index is 1.05. The fraction of sp³-hybridized carbons (Fsp3) is 0.174. The van der Waals surface area contributed by atoms with Gasteiger partial charge in [0.05, 0.1) is 17.4 Å². The molecular formula is C23H22N4. The third-order valence-corrected chi connectivity index (χ3v) is 5.23. The average molecular weight is 354 g/mol. The zero-order chi connectivity index (χ0) is 18.1. The van der Waals surface area contributed by atoms with E-state index in [1.165, 1.54) is 16.8 Å². The first kappa shape index (κ1) is 16.1. The molecule has 3 aromatic carbocycles. The topological polar surface area (TPSA) is 33.1 Å². The van der Waals surface area contributed by atoms with Gasteiger partial charge in [0.15, 0.2) is 0 Å². The number of rotatable bonds is 3. The Hall–Kier alpha value is -3.11. The minimum atomic E-state index is 1.05. The Morgan fingerprint density at radius 2 is 1.52 bits per heavy atom. The van der Waals surface area contributed by atoms with Crippen LogP contribution in [-0.2, 0) is 0 Å². The molecule has 1 aromatic heterocycles. The van der Waals surface area contributed by atoms with E-state index >= 15 is 0 Å². The molecule has 1 aliphatic rings. The predicted octanol–water partition coefficient (Wildman–Crippen LogP) is 4.10. The lowest BCUT2D eigenvalue weighted by atomic mass is 10.0. The molecule has 1 aliphatic heterocycles. The highest BCUT2D eigenvalue weighted by molar-refractivity contribution is 5.86. The Morgan fingerprint density at radius 3 is 2.37 bits per heavy atom. The summed E-state index contributed by atoms with van der Waals surface area (Å²) >= 11 is 0. The molecule has 4 nitrogen and oxygen atoms in total. The second-order valence-corrected chi connectivity index (χ2v) is 6.95. The molecule has 0 radical (unpaired) electrons. The van der Waals surface area contributed by atoms with E-state index in [0.717, 1.165) is 42.8 Å². The molecule has 0 spiro atoms. The smallest absolute Gasteiger partial charge is 0.0747 e. The van der Waals surface area contributed by atoms with Crippen LogP contribution in [0.2, 0.25) is 0 Å². The third-order valence-electron chi connectivity index (χ3n) is 5.23. The first-order chi connectivity index (χ1) is 13.4. The third kappa shape index (κ3) is 3.09. The molecule has 1 saturated heterocycles. The van der Waals surface area contributed by atoms with E-state index in [1.54, 1.807) is 0 Å². The maximum atomic E-state index is 4.59. The van der Waals surface area contributed by atoms with Crippen molar-refractivity contribution < 1.29 is 0 Å². The van der Waals surface area contributed by atoms with E-state index in [2.05, 4.69) is 69.9 Å². The van der Waals surface area contributed by atoms with Gasteiger partial charge in [0.2, 0.25) is 0 Å². The highest BCUT2D eigenvalue weighted by atomic mass is 15.3. The summed E-state index contributed by atoms with van der Waals surface area (Å²) in [6.45, 7) is 4.21. The number of hydrogen-bond acceptors (Lipinski definition) is 3. The molecule has 0 bridgehead atoms. The molecule has 0 atom stereocenters. The van der Waals surface area contributed by atoms with Gasteiger partial charge in [-0.2, -0.15) is 5.10 Å². The van der Waals surface area contributed by atoms with E-state index in [0.29, 0.717) is 0 Å². The van der Waals surface area contributed by atoms with Crippen LogP contribution in [-0.4, -0.2) is 36.0 Å². The number of fused-ring (bicyclic) bond motifs is 1. The van der Waals surface area contributed by atoms with Gasteiger partial charge in [-0.25, -0.2) is 4.68 Å². The molecule has 5 rings (SSSR count). The molecule has 4 heteroatoms. The van der Waals surface area contributed by atoms with Crippen LogP contribution in [0.5, 0.6) is 0 Å². The lowest BCUT2D eigenvalue weighted by Crippen LogP contribution is -2.43. The normalized spacial score (nSPS) is 14.6. The van der Waals surface area contributed by atoms with Crippen molar-refractivity contribution in [3.63, 3.8) is 0 Å². The fourth-order valence-electron chi connectivity index (χ4n) is 3.78. The first-order valence-corrected chi connectivity index (χ1v) is 9.48. The summed E-state index contributed by atoms with van der Waals surface area (Å²) in [6, 6.07) is 25.7. The molecule has 134 valence electrons. The summed E-state index contributed by atoms with van der Waals surface area (Å²) in [5.41, 5.74) is 5.97. The van der Waals surface area contributed by atoms with Gasteiger partial charge in [0.25, 0.3) is 0 Å². The van der Waals surface area contributed by atoms with Crippen molar-refractivity contribution >= 4 is 16.6 Å².